The number of hydrazine groups is 1. The Balaban J connectivity index is 1.49. The highest BCUT2D eigenvalue weighted by atomic mass is 16.2. The number of hydrogen-bond donors (Lipinski definition) is 2. The van der Waals surface area contributed by atoms with Gasteiger partial charge in [0.05, 0.1) is 11.8 Å². The van der Waals surface area contributed by atoms with Crippen LogP contribution in [-0.2, 0) is 14.4 Å². The second kappa shape index (κ2) is 7.90. The highest BCUT2D eigenvalue weighted by Crippen LogP contribution is 2.37. The summed E-state index contributed by atoms with van der Waals surface area (Å²) in [5, 5.41) is 0. The number of fused-ring (bicyclic) bond motifs is 1. The van der Waals surface area contributed by atoms with E-state index in [-0.39, 0.29) is 36.6 Å². The van der Waals surface area contributed by atoms with Crippen LogP contribution in [0.15, 0.2) is 18.2 Å². The Hall–Kier alpha value is -2.70. The van der Waals surface area contributed by atoms with Gasteiger partial charge in [-0.1, -0.05) is 30.5 Å². The summed E-state index contributed by atoms with van der Waals surface area (Å²) in [5.74, 6) is -1.57. The molecule has 2 atom stereocenters. The Morgan fingerprint density at radius 2 is 1.67 bits per heavy atom. The summed E-state index contributed by atoms with van der Waals surface area (Å²) in [4.78, 5) is 50.2. The fourth-order valence-electron chi connectivity index (χ4n) is 3.99. The summed E-state index contributed by atoms with van der Waals surface area (Å²) in [6.07, 6.45) is 3.41. The van der Waals surface area contributed by atoms with Crippen molar-refractivity contribution in [1.82, 2.24) is 15.8 Å². The van der Waals surface area contributed by atoms with E-state index >= 15 is 0 Å². The lowest BCUT2D eigenvalue weighted by Crippen LogP contribution is -2.43. The number of likely N-dealkylation sites (tertiary alicyclic amines) is 1. The Kier molecular flexibility index (Phi) is 5.58. The van der Waals surface area contributed by atoms with Crippen molar-refractivity contribution < 1.29 is 19.2 Å². The van der Waals surface area contributed by atoms with Gasteiger partial charge >= 0.3 is 0 Å². The average Bonchev–Trinajstić information content (AvgIpc) is 2.89. The molecule has 0 bridgehead atoms. The lowest BCUT2D eigenvalue weighted by Gasteiger charge is -2.19. The Labute approximate surface area is 158 Å². The van der Waals surface area contributed by atoms with Crippen LogP contribution in [0.5, 0.6) is 0 Å². The number of rotatable bonds is 4. The zero-order valence-electron chi connectivity index (χ0n) is 15.7. The van der Waals surface area contributed by atoms with Crippen LogP contribution in [0.4, 0.5) is 0 Å². The monoisotopic (exact) mass is 371 g/mol. The van der Waals surface area contributed by atoms with Gasteiger partial charge in [-0.2, -0.15) is 0 Å². The molecule has 1 aliphatic heterocycles. The maximum Gasteiger partial charge on any atom is 0.269 e. The smallest absolute Gasteiger partial charge is 0.269 e. The van der Waals surface area contributed by atoms with Crippen LogP contribution in [0.3, 0.4) is 0 Å². The number of benzene rings is 1. The van der Waals surface area contributed by atoms with Crippen molar-refractivity contribution in [1.29, 1.82) is 0 Å². The van der Waals surface area contributed by atoms with Crippen molar-refractivity contribution in [3.63, 3.8) is 0 Å². The Morgan fingerprint density at radius 1 is 1.04 bits per heavy atom. The number of nitrogens with zero attached hydrogens (tertiary/aromatic N) is 1. The van der Waals surface area contributed by atoms with E-state index in [4.69, 9.17) is 0 Å². The minimum Gasteiger partial charge on any atom is -0.282 e. The summed E-state index contributed by atoms with van der Waals surface area (Å²) in [7, 11) is 0. The SMILES string of the molecule is Cc1ccc(C(=O)NNC(=O)CCN2C(=O)[C@@H]3CCCC[C@H]3C2=O)c(C)c1. The molecule has 0 unspecified atom stereocenters. The number of amides is 4. The third-order valence-electron chi connectivity index (χ3n) is 5.44. The summed E-state index contributed by atoms with van der Waals surface area (Å²) in [6, 6.07) is 5.42. The molecular formula is C20H25N3O4. The van der Waals surface area contributed by atoms with Gasteiger partial charge in [-0.3, -0.25) is 34.9 Å². The van der Waals surface area contributed by atoms with E-state index in [2.05, 4.69) is 10.9 Å². The van der Waals surface area contributed by atoms with Gasteiger partial charge in [-0.15, -0.1) is 0 Å². The molecule has 1 saturated carbocycles. The Bertz CT molecular complexity index is 765. The molecule has 7 heteroatoms. The molecule has 0 aromatic heterocycles. The molecule has 1 heterocycles. The summed E-state index contributed by atoms with van der Waals surface area (Å²) in [6.45, 7) is 3.82. The molecule has 2 aliphatic rings. The van der Waals surface area contributed by atoms with Gasteiger partial charge in [0.25, 0.3) is 5.91 Å². The van der Waals surface area contributed by atoms with Gasteiger partial charge in [-0.25, -0.2) is 0 Å². The van der Waals surface area contributed by atoms with Crippen molar-refractivity contribution in [2.75, 3.05) is 6.54 Å². The molecule has 4 amide bonds. The van der Waals surface area contributed by atoms with Crippen LogP contribution in [-0.4, -0.2) is 35.1 Å². The predicted molar refractivity (Wildman–Crippen MR) is 98.3 cm³/mol. The minimum absolute atomic E-state index is 0.0376. The van der Waals surface area contributed by atoms with Crippen molar-refractivity contribution >= 4 is 23.6 Å². The van der Waals surface area contributed by atoms with Gasteiger partial charge in [0.15, 0.2) is 0 Å². The van der Waals surface area contributed by atoms with Gasteiger partial charge in [0.2, 0.25) is 17.7 Å². The number of nitrogens with one attached hydrogen (secondary N) is 2. The minimum atomic E-state index is -0.441. The first-order chi connectivity index (χ1) is 12.9. The molecular weight excluding hydrogens is 346 g/mol. The first-order valence-electron chi connectivity index (χ1n) is 9.40. The molecule has 1 aliphatic carbocycles. The molecule has 2 N–H and O–H groups in total. The van der Waals surface area contributed by atoms with E-state index < -0.39 is 11.8 Å². The summed E-state index contributed by atoms with van der Waals surface area (Å²) >= 11 is 0. The number of carbonyl (C=O) groups is 4. The second-order valence-corrected chi connectivity index (χ2v) is 7.40. The van der Waals surface area contributed by atoms with Gasteiger partial charge < -0.3 is 0 Å². The normalized spacial score (nSPS) is 21.8. The molecule has 7 nitrogen and oxygen atoms in total. The van der Waals surface area contributed by atoms with Crippen LogP contribution in [0.1, 0.15) is 53.6 Å². The van der Waals surface area contributed by atoms with Crippen molar-refractivity contribution in [2.24, 2.45) is 11.8 Å². The first kappa shape index (κ1) is 19.1. The maximum atomic E-state index is 12.4. The fourth-order valence-corrected chi connectivity index (χ4v) is 3.99. The van der Waals surface area contributed by atoms with Crippen molar-refractivity contribution in [3.05, 3.63) is 34.9 Å². The molecule has 0 radical (unpaired) electrons. The third kappa shape index (κ3) is 4.02. The molecule has 1 aromatic carbocycles. The van der Waals surface area contributed by atoms with E-state index in [0.717, 1.165) is 36.8 Å². The van der Waals surface area contributed by atoms with E-state index in [1.54, 1.807) is 6.07 Å². The number of aryl methyl sites for hydroxylation is 2. The van der Waals surface area contributed by atoms with Crippen molar-refractivity contribution in [2.45, 2.75) is 46.0 Å². The average molecular weight is 371 g/mol. The van der Waals surface area contributed by atoms with E-state index in [1.807, 2.05) is 26.0 Å². The van der Waals surface area contributed by atoms with Crippen LogP contribution < -0.4 is 10.9 Å². The molecule has 144 valence electrons. The topological polar surface area (TPSA) is 95.6 Å². The standard InChI is InChI=1S/C20H25N3O4/c1-12-7-8-14(13(2)11-12)18(25)22-21-17(24)9-10-23-19(26)15-5-3-4-6-16(15)20(23)27/h7-8,11,15-16H,3-6,9-10H2,1-2H3,(H,21,24)(H,22,25)/t15-,16-/m1/s1. The second-order valence-electron chi connectivity index (χ2n) is 7.40. The molecule has 1 aromatic rings. The predicted octanol–water partition coefficient (Wildman–Crippen LogP) is 1.63. The highest BCUT2D eigenvalue weighted by Gasteiger charge is 2.47. The Morgan fingerprint density at radius 3 is 2.26 bits per heavy atom. The number of carbonyl (C=O) groups excluding carboxylic acids is 4. The highest BCUT2D eigenvalue weighted by molar-refractivity contribution is 6.05. The molecule has 0 spiro atoms. The quantitative estimate of drug-likeness (QED) is 0.621. The molecule has 3 rings (SSSR count). The first-order valence-corrected chi connectivity index (χ1v) is 9.40. The van der Waals surface area contributed by atoms with Crippen LogP contribution >= 0.6 is 0 Å². The van der Waals surface area contributed by atoms with Crippen LogP contribution in [0.25, 0.3) is 0 Å². The van der Waals surface area contributed by atoms with Crippen LogP contribution in [0.2, 0.25) is 0 Å². The van der Waals surface area contributed by atoms with Crippen molar-refractivity contribution in [3.8, 4) is 0 Å². The zero-order chi connectivity index (χ0) is 19.6. The van der Waals surface area contributed by atoms with E-state index in [1.165, 1.54) is 4.90 Å². The lowest BCUT2D eigenvalue weighted by molar-refractivity contribution is -0.140. The lowest BCUT2D eigenvalue weighted by atomic mass is 9.81. The molecule has 1 saturated heterocycles. The van der Waals surface area contributed by atoms with Gasteiger partial charge in [0, 0.05) is 18.5 Å². The molecule has 2 fully saturated rings. The summed E-state index contributed by atoms with van der Waals surface area (Å²) < 4.78 is 0. The largest absolute Gasteiger partial charge is 0.282 e. The van der Waals surface area contributed by atoms with E-state index in [9.17, 15) is 19.2 Å². The van der Waals surface area contributed by atoms with Gasteiger partial charge in [0.1, 0.15) is 0 Å². The number of imide groups is 1. The van der Waals surface area contributed by atoms with Crippen LogP contribution in [0, 0.1) is 25.7 Å². The van der Waals surface area contributed by atoms with E-state index in [0.29, 0.717) is 5.56 Å². The molecule has 27 heavy (non-hydrogen) atoms. The van der Waals surface area contributed by atoms with Gasteiger partial charge in [-0.05, 0) is 38.3 Å². The number of hydrogen-bond acceptors (Lipinski definition) is 4. The summed E-state index contributed by atoms with van der Waals surface area (Å²) in [5.41, 5.74) is 7.08. The maximum absolute atomic E-state index is 12.4. The third-order valence-corrected chi connectivity index (χ3v) is 5.44. The zero-order valence-corrected chi connectivity index (χ0v) is 15.7. The fraction of sp³-hybridized carbons (Fsp3) is 0.500.